The minimum atomic E-state index is 0.340. The van der Waals surface area contributed by atoms with Crippen LogP contribution in [0.4, 0.5) is 0 Å². The molecular formula is C16H26N2O. The second-order valence-electron chi connectivity index (χ2n) is 5.62. The van der Waals surface area contributed by atoms with Crippen LogP contribution < -0.4 is 11.3 Å². The van der Waals surface area contributed by atoms with Gasteiger partial charge in [-0.3, -0.25) is 11.3 Å². The van der Waals surface area contributed by atoms with Crippen LogP contribution in [0.25, 0.3) is 0 Å². The standard InChI is InChI=1S/C16H26N2O/c1-13-5-4-6-14(11-13)12-15(18-17)8-9-16-7-2-3-10-19-16/h4-6,11,15-16,18H,2-3,7-10,12,17H2,1H3. The number of aryl methyl sites for hydroxylation is 1. The van der Waals surface area contributed by atoms with Crippen molar-refractivity contribution in [2.24, 2.45) is 5.84 Å². The number of nitrogens with two attached hydrogens (primary N) is 1. The molecule has 1 aliphatic heterocycles. The molecule has 3 nitrogen and oxygen atoms in total. The van der Waals surface area contributed by atoms with E-state index in [4.69, 9.17) is 10.6 Å². The van der Waals surface area contributed by atoms with Crippen molar-refractivity contribution in [3.05, 3.63) is 35.4 Å². The topological polar surface area (TPSA) is 47.3 Å². The predicted octanol–water partition coefficient (Wildman–Crippen LogP) is 2.72. The van der Waals surface area contributed by atoms with Gasteiger partial charge in [-0.2, -0.15) is 0 Å². The lowest BCUT2D eigenvalue weighted by Crippen LogP contribution is -2.37. The van der Waals surface area contributed by atoms with Crippen LogP contribution in [0.2, 0.25) is 0 Å². The van der Waals surface area contributed by atoms with Crippen LogP contribution in [-0.4, -0.2) is 18.8 Å². The van der Waals surface area contributed by atoms with E-state index in [0.29, 0.717) is 12.1 Å². The first-order valence-electron chi connectivity index (χ1n) is 7.41. The zero-order valence-corrected chi connectivity index (χ0v) is 11.9. The molecular weight excluding hydrogens is 236 g/mol. The van der Waals surface area contributed by atoms with Gasteiger partial charge in [-0.15, -0.1) is 0 Å². The van der Waals surface area contributed by atoms with Gasteiger partial charge in [0.25, 0.3) is 0 Å². The summed E-state index contributed by atoms with van der Waals surface area (Å²) >= 11 is 0. The van der Waals surface area contributed by atoms with Crippen molar-refractivity contribution in [2.75, 3.05) is 6.61 Å². The molecule has 1 saturated heterocycles. The Labute approximate surface area is 116 Å². The summed E-state index contributed by atoms with van der Waals surface area (Å²) in [6.45, 7) is 3.06. The minimum absolute atomic E-state index is 0.340. The Bertz CT molecular complexity index is 375. The van der Waals surface area contributed by atoms with Crippen molar-refractivity contribution >= 4 is 0 Å². The van der Waals surface area contributed by atoms with E-state index in [1.54, 1.807) is 0 Å². The van der Waals surface area contributed by atoms with Crippen molar-refractivity contribution in [1.82, 2.24) is 5.43 Å². The highest BCUT2D eigenvalue weighted by Gasteiger charge is 2.16. The quantitative estimate of drug-likeness (QED) is 0.612. The fraction of sp³-hybridized carbons (Fsp3) is 0.625. The average Bonchev–Trinajstić information content (AvgIpc) is 2.44. The molecule has 1 aromatic rings. The van der Waals surface area contributed by atoms with Gasteiger partial charge in [0.1, 0.15) is 0 Å². The van der Waals surface area contributed by atoms with Crippen LogP contribution >= 0.6 is 0 Å². The molecule has 1 aromatic carbocycles. The Hall–Kier alpha value is -0.900. The third kappa shape index (κ3) is 4.94. The molecule has 3 N–H and O–H groups in total. The van der Waals surface area contributed by atoms with Gasteiger partial charge in [-0.1, -0.05) is 29.8 Å². The number of hydrogen-bond donors (Lipinski definition) is 2. The molecule has 2 unspecified atom stereocenters. The number of hydrogen-bond acceptors (Lipinski definition) is 3. The Morgan fingerprint density at radius 3 is 3.00 bits per heavy atom. The molecule has 19 heavy (non-hydrogen) atoms. The van der Waals surface area contributed by atoms with Gasteiger partial charge in [-0.25, -0.2) is 0 Å². The zero-order valence-electron chi connectivity index (χ0n) is 11.9. The van der Waals surface area contributed by atoms with E-state index >= 15 is 0 Å². The first-order chi connectivity index (χ1) is 9.28. The molecule has 2 rings (SSSR count). The van der Waals surface area contributed by atoms with E-state index in [2.05, 4.69) is 36.6 Å². The van der Waals surface area contributed by atoms with Crippen molar-refractivity contribution in [3.8, 4) is 0 Å². The van der Waals surface area contributed by atoms with Crippen molar-refractivity contribution < 1.29 is 4.74 Å². The molecule has 0 amide bonds. The van der Waals surface area contributed by atoms with Gasteiger partial charge >= 0.3 is 0 Å². The second kappa shape index (κ2) is 7.63. The molecule has 1 aliphatic rings. The molecule has 0 bridgehead atoms. The molecule has 0 saturated carbocycles. The van der Waals surface area contributed by atoms with Gasteiger partial charge in [0.2, 0.25) is 0 Å². The summed E-state index contributed by atoms with van der Waals surface area (Å²) in [4.78, 5) is 0. The summed E-state index contributed by atoms with van der Waals surface area (Å²) in [6, 6.07) is 9.00. The van der Waals surface area contributed by atoms with E-state index < -0.39 is 0 Å². The van der Waals surface area contributed by atoms with Crippen LogP contribution in [0, 0.1) is 6.92 Å². The van der Waals surface area contributed by atoms with E-state index in [9.17, 15) is 0 Å². The maximum Gasteiger partial charge on any atom is 0.0575 e. The van der Waals surface area contributed by atoms with E-state index in [0.717, 1.165) is 25.9 Å². The molecule has 0 aromatic heterocycles. The third-order valence-corrected chi connectivity index (χ3v) is 3.91. The summed E-state index contributed by atoms with van der Waals surface area (Å²) in [5.74, 6) is 5.68. The second-order valence-corrected chi connectivity index (χ2v) is 5.62. The normalized spacial score (nSPS) is 21.3. The van der Waals surface area contributed by atoms with Crippen LogP contribution in [0.1, 0.15) is 43.2 Å². The van der Waals surface area contributed by atoms with Crippen LogP contribution in [-0.2, 0) is 11.2 Å². The van der Waals surface area contributed by atoms with Crippen molar-refractivity contribution in [3.63, 3.8) is 0 Å². The first kappa shape index (κ1) is 14.5. The molecule has 0 spiro atoms. The number of ether oxygens (including phenoxy) is 1. The largest absolute Gasteiger partial charge is 0.378 e. The molecule has 0 aliphatic carbocycles. The Kier molecular flexibility index (Phi) is 5.83. The summed E-state index contributed by atoms with van der Waals surface area (Å²) in [5.41, 5.74) is 5.62. The van der Waals surface area contributed by atoms with Crippen LogP contribution in [0.5, 0.6) is 0 Å². The Balaban J connectivity index is 1.79. The smallest absolute Gasteiger partial charge is 0.0575 e. The molecule has 3 heteroatoms. The minimum Gasteiger partial charge on any atom is -0.378 e. The summed E-state index contributed by atoms with van der Waals surface area (Å²) < 4.78 is 5.77. The number of rotatable bonds is 6. The average molecular weight is 262 g/mol. The number of hydrazine groups is 1. The summed E-state index contributed by atoms with van der Waals surface area (Å²) in [5, 5.41) is 0. The Morgan fingerprint density at radius 2 is 2.32 bits per heavy atom. The van der Waals surface area contributed by atoms with Gasteiger partial charge in [0.05, 0.1) is 6.10 Å². The summed E-state index contributed by atoms with van der Waals surface area (Å²) in [7, 11) is 0. The predicted molar refractivity (Wildman–Crippen MR) is 78.8 cm³/mol. The third-order valence-electron chi connectivity index (χ3n) is 3.91. The highest BCUT2D eigenvalue weighted by Crippen LogP contribution is 2.19. The fourth-order valence-electron chi connectivity index (χ4n) is 2.79. The zero-order chi connectivity index (χ0) is 13.5. The van der Waals surface area contributed by atoms with Crippen LogP contribution in [0.15, 0.2) is 24.3 Å². The van der Waals surface area contributed by atoms with E-state index in [-0.39, 0.29) is 0 Å². The lowest BCUT2D eigenvalue weighted by atomic mass is 9.97. The van der Waals surface area contributed by atoms with Gasteiger partial charge < -0.3 is 4.74 Å². The van der Waals surface area contributed by atoms with E-state index in [1.807, 2.05) is 0 Å². The highest BCUT2D eigenvalue weighted by atomic mass is 16.5. The SMILES string of the molecule is Cc1cccc(CC(CCC2CCCCO2)NN)c1. The lowest BCUT2D eigenvalue weighted by Gasteiger charge is -2.24. The van der Waals surface area contributed by atoms with Crippen LogP contribution in [0.3, 0.4) is 0 Å². The fourth-order valence-corrected chi connectivity index (χ4v) is 2.79. The lowest BCUT2D eigenvalue weighted by molar-refractivity contribution is 0.00858. The van der Waals surface area contributed by atoms with Crippen molar-refractivity contribution in [1.29, 1.82) is 0 Å². The molecule has 1 heterocycles. The Morgan fingerprint density at radius 1 is 1.42 bits per heavy atom. The van der Waals surface area contributed by atoms with Gasteiger partial charge in [-0.05, 0) is 51.0 Å². The van der Waals surface area contributed by atoms with Gasteiger partial charge in [0.15, 0.2) is 0 Å². The monoisotopic (exact) mass is 262 g/mol. The maximum absolute atomic E-state index is 5.77. The highest BCUT2D eigenvalue weighted by molar-refractivity contribution is 5.22. The first-order valence-corrected chi connectivity index (χ1v) is 7.41. The maximum atomic E-state index is 5.77. The van der Waals surface area contributed by atoms with E-state index in [1.165, 1.54) is 30.4 Å². The number of benzene rings is 1. The molecule has 106 valence electrons. The van der Waals surface area contributed by atoms with Gasteiger partial charge in [0, 0.05) is 12.6 Å². The molecule has 0 radical (unpaired) electrons. The van der Waals surface area contributed by atoms with Crippen molar-refractivity contribution in [2.45, 2.75) is 57.6 Å². The molecule has 1 fully saturated rings. The summed E-state index contributed by atoms with van der Waals surface area (Å²) in [6.07, 6.45) is 7.37. The molecule has 2 atom stereocenters. The number of nitrogens with one attached hydrogen (secondary N) is 1.